The maximum absolute atomic E-state index is 12.2. The number of rotatable bonds is 5. The largest absolute Gasteiger partial charge is 0.351 e. The zero-order valence-corrected chi connectivity index (χ0v) is 18.8. The second-order valence-corrected chi connectivity index (χ2v) is 10.2. The van der Waals surface area contributed by atoms with Crippen molar-refractivity contribution in [2.45, 2.75) is 36.9 Å². The first-order valence-corrected chi connectivity index (χ1v) is 11.8. The van der Waals surface area contributed by atoms with Gasteiger partial charge < -0.3 is 10.6 Å². The van der Waals surface area contributed by atoms with E-state index >= 15 is 0 Å². The smallest absolute Gasteiger partial charge is 0.251 e. The maximum atomic E-state index is 12.2. The van der Waals surface area contributed by atoms with Gasteiger partial charge in [0.2, 0.25) is 5.95 Å². The highest BCUT2D eigenvalue weighted by molar-refractivity contribution is 7.99. The summed E-state index contributed by atoms with van der Waals surface area (Å²) in [6, 6.07) is 16.4. The number of fused-ring (bicyclic) bond motifs is 1. The fourth-order valence-corrected chi connectivity index (χ4v) is 5.13. The van der Waals surface area contributed by atoms with Crippen molar-refractivity contribution in [2.75, 3.05) is 18.1 Å². The Balaban J connectivity index is 1.40. The van der Waals surface area contributed by atoms with E-state index in [9.17, 15) is 4.79 Å². The molecule has 5 rings (SSSR count). The zero-order chi connectivity index (χ0) is 21.6. The SMILES string of the molecule is CSC1(c2ccc(Nc3nccc(-c4ccc5c(c4)C(C)(C)CNC5=O)n3)cc2)CC1. The molecule has 6 heteroatoms. The fraction of sp³-hybridized carbons (Fsp3) is 0.320. The van der Waals surface area contributed by atoms with Crippen LogP contribution in [0.5, 0.6) is 0 Å². The Hall–Kier alpha value is -2.86. The first kappa shape index (κ1) is 20.1. The Morgan fingerprint density at radius 2 is 1.84 bits per heavy atom. The molecule has 31 heavy (non-hydrogen) atoms. The average molecular weight is 431 g/mol. The van der Waals surface area contributed by atoms with Gasteiger partial charge in [0.15, 0.2) is 0 Å². The molecule has 3 aromatic rings. The van der Waals surface area contributed by atoms with Crippen molar-refractivity contribution in [1.29, 1.82) is 0 Å². The molecule has 0 atom stereocenters. The van der Waals surface area contributed by atoms with Gasteiger partial charge in [0, 0.05) is 39.7 Å². The first-order valence-electron chi connectivity index (χ1n) is 10.6. The van der Waals surface area contributed by atoms with Gasteiger partial charge in [-0.2, -0.15) is 11.8 Å². The van der Waals surface area contributed by atoms with Crippen LogP contribution in [-0.2, 0) is 10.2 Å². The molecule has 5 nitrogen and oxygen atoms in total. The number of anilines is 2. The van der Waals surface area contributed by atoms with E-state index in [2.05, 4.69) is 66.1 Å². The topological polar surface area (TPSA) is 66.9 Å². The molecular weight excluding hydrogens is 404 g/mol. The lowest BCUT2D eigenvalue weighted by molar-refractivity contribution is 0.0930. The van der Waals surface area contributed by atoms with Gasteiger partial charge in [-0.05, 0) is 60.6 Å². The highest BCUT2D eigenvalue weighted by Crippen LogP contribution is 2.56. The first-order chi connectivity index (χ1) is 14.9. The third-order valence-corrected chi connectivity index (χ3v) is 7.82. The van der Waals surface area contributed by atoms with Gasteiger partial charge in [-0.3, -0.25) is 4.79 Å². The monoisotopic (exact) mass is 430 g/mol. The van der Waals surface area contributed by atoms with E-state index in [0.29, 0.717) is 17.2 Å². The summed E-state index contributed by atoms with van der Waals surface area (Å²) in [6.45, 7) is 4.93. The number of nitrogens with zero attached hydrogens (tertiary/aromatic N) is 2. The molecule has 2 aromatic carbocycles. The zero-order valence-electron chi connectivity index (χ0n) is 18.0. The number of amides is 1. The van der Waals surface area contributed by atoms with Crippen molar-refractivity contribution in [3.05, 3.63) is 71.4 Å². The molecule has 2 aliphatic rings. The minimum atomic E-state index is -0.120. The predicted molar refractivity (Wildman–Crippen MR) is 127 cm³/mol. The Labute approximate surface area is 187 Å². The molecule has 0 unspecified atom stereocenters. The number of hydrogen-bond acceptors (Lipinski definition) is 5. The molecule has 1 aliphatic carbocycles. The molecule has 1 aromatic heterocycles. The van der Waals surface area contributed by atoms with Gasteiger partial charge in [-0.25, -0.2) is 9.97 Å². The summed E-state index contributed by atoms with van der Waals surface area (Å²) in [5, 5.41) is 6.29. The Morgan fingerprint density at radius 3 is 2.55 bits per heavy atom. The summed E-state index contributed by atoms with van der Waals surface area (Å²) in [6.07, 6.45) is 6.46. The van der Waals surface area contributed by atoms with E-state index in [1.54, 1.807) is 6.20 Å². The summed E-state index contributed by atoms with van der Waals surface area (Å²) < 4.78 is 0.325. The molecule has 0 bridgehead atoms. The third kappa shape index (κ3) is 3.69. The van der Waals surface area contributed by atoms with Gasteiger partial charge in [-0.15, -0.1) is 0 Å². The predicted octanol–water partition coefficient (Wildman–Crippen LogP) is 5.26. The number of thioether (sulfide) groups is 1. The van der Waals surface area contributed by atoms with E-state index in [1.165, 1.54) is 18.4 Å². The lowest BCUT2D eigenvalue weighted by Crippen LogP contribution is -2.43. The van der Waals surface area contributed by atoms with Gasteiger partial charge in [0.05, 0.1) is 5.69 Å². The van der Waals surface area contributed by atoms with Crippen LogP contribution in [0.25, 0.3) is 11.3 Å². The highest BCUT2D eigenvalue weighted by Gasteiger charge is 2.43. The van der Waals surface area contributed by atoms with Crippen molar-refractivity contribution >= 4 is 29.3 Å². The number of hydrogen-bond donors (Lipinski definition) is 2. The number of nitrogens with one attached hydrogen (secondary N) is 2. The van der Waals surface area contributed by atoms with E-state index in [0.717, 1.165) is 28.1 Å². The summed E-state index contributed by atoms with van der Waals surface area (Å²) in [7, 11) is 0. The maximum Gasteiger partial charge on any atom is 0.251 e. The van der Waals surface area contributed by atoms with Crippen LogP contribution in [0, 0.1) is 0 Å². The second-order valence-electron chi connectivity index (χ2n) is 8.99. The van der Waals surface area contributed by atoms with Crippen LogP contribution >= 0.6 is 11.8 Å². The van der Waals surface area contributed by atoms with E-state index in [1.807, 2.05) is 30.0 Å². The van der Waals surface area contributed by atoms with Crippen molar-refractivity contribution in [1.82, 2.24) is 15.3 Å². The van der Waals surface area contributed by atoms with Crippen molar-refractivity contribution in [2.24, 2.45) is 0 Å². The molecule has 1 aliphatic heterocycles. The fourth-order valence-electron chi connectivity index (χ4n) is 4.24. The van der Waals surface area contributed by atoms with Gasteiger partial charge >= 0.3 is 0 Å². The van der Waals surface area contributed by atoms with E-state index in [4.69, 9.17) is 4.98 Å². The minimum Gasteiger partial charge on any atom is -0.351 e. The van der Waals surface area contributed by atoms with Crippen LogP contribution in [-0.4, -0.2) is 28.7 Å². The lowest BCUT2D eigenvalue weighted by Gasteiger charge is -2.32. The van der Waals surface area contributed by atoms with Gasteiger partial charge in [0.1, 0.15) is 0 Å². The van der Waals surface area contributed by atoms with E-state index < -0.39 is 0 Å². The lowest BCUT2D eigenvalue weighted by atomic mass is 9.78. The standard InChI is InChI=1S/C25H26N4OS/c1-24(2)15-27-22(30)19-9-4-16(14-20(19)24)21-10-13-26-23(29-21)28-18-7-5-17(6-8-18)25(31-3)11-12-25/h4-10,13-14H,11-12,15H2,1-3H3,(H,27,30)(H,26,28,29). The summed E-state index contributed by atoms with van der Waals surface area (Å²) in [4.78, 5) is 21.4. The molecular formula is C25H26N4OS. The Bertz CT molecular complexity index is 1150. The van der Waals surface area contributed by atoms with Crippen LogP contribution in [0.4, 0.5) is 11.6 Å². The molecule has 2 heterocycles. The quantitative estimate of drug-likeness (QED) is 0.578. The normalized spacial score (nSPS) is 18.1. The Morgan fingerprint density at radius 1 is 1.06 bits per heavy atom. The molecule has 0 spiro atoms. The number of aromatic nitrogens is 2. The number of carbonyl (C=O) groups is 1. The van der Waals surface area contributed by atoms with E-state index in [-0.39, 0.29) is 11.3 Å². The van der Waals surface area contributed by atoms with Crippen molar-refractivity contribution in [3.8, 4) is 11.3 Å². The van der Waals surface area contributed by atoms with Crippen LogP contribution < -0.4 is 10.6 Å². The molecule has 158 valence electrons. The van der Waals surface area contributed by atoms with Gasteiger partial charge in [-0.1, -0.05) is 32.0 Å². The van der Waals surface area contributed by atoms with Crippen molar-refractivity contribution < 1.29 is 4.79 Å². The summed E-state index contributed by atoms with van der Waals surface area (Å²) >= 11 is 1.94. The van der Waals surface area contributed by atoms with Crippen LogP contribution in [0.1, 0.15) is 48.2 Å². The molecule has 0 radical (unpaired) electrons. The van der Waals surface area contributed by atoms with Crippen LogP contribution in [0.2, 0.25) is 0 Å². The summed E-state index contributed by atoms with van der Waals surface area (Å²) in [5.74, 6) is 0.551. The molecule has 1 saturated carbocycles. The summed E-state index contributed by atoms with van der Waals surface area (Å²) in [5.41, 5.74) is 5.86. The molecule has 2 N–H and O–H groups in total. The second kappa shape index (κ2) is 7.38. The average Bonchev–Trinajstić information content (AvgIpc) is 3.58. The van der Waals surface area contributed by atoms with Crippen LogP contribution in [0.3, 0.4) is 0 Å². The molecule has 1 fully saturated rings. The number of carbonyl (C=O) groups excluding carboxylic acids is 1. The minimum absolute atomic E-state index is 0.0104. The Kier molecular flexibility index (Phi) is 4.77. The molecule has 1 amide bonds. The third-order valence-electron chi connectivity index (χ3n) is 6.40. The van der Waals surface area contributed by atoms with Gasteiger partial charge in [0.25, 0.3) is 5.91 Å². The molecule has 0 saturated heterocycles. The number of benzene rings is 2. The van der Waals surface area contributed by atoms with Crippen molar-refractivity contribution in [3.63, 3.8) is 0 Å². The van der Waals surface area contributed by atoms with Crippen LogP contribution in [0.15, 0.2) is 54.7 Å². The highest BCUT2D eigenvalue weighted by atomic mass is 32.2.